The molecule has 0 bridgehead atoms. The molecule has 0 aliphatic heterocycles. The molecule has 0 fully saturated rings. The van der Waals surface area contributed by atoms with Gasteiger partial charge in [-0.15, -0.1) is 11.3 Å². The summed E-state index contributed by atoms with van der Waals surface area (Å²) in [5, 5.41) is 8.61. The molecule has 2 N–H and O–H groups in total. The quantitative estimate of drug-likeness (QED) is 0.490. The van der Waals surface area contributed by atoms with Crippen LogP contribution in [-0.4, -0.2) is 27.0 Å². The lowest BCUT2D eigenvalue weighted by molar-refractivity contribution is 0.0959. The van der Waals surface area contributed by atoms with Crippen LogP contribution in [0.3, 0.4) is 0 Å². The molecule has 3 rings (SSSR count). The summed E-state index contributed by atoms with van der Waals surface area (Å²) in [5.41, 5.74) is 2.46. The van der Waals surface area contributed by atoms with Crippen molar-refractivity contribution >= 4 is 55.5 Å². The Kier molecular flexibility index (Phi) is 6.32. The molecule has 3 aromatic rings. The first-order valence-corrected chi connectivity index (χ1v) is 10.8. The molecule has 5 nitrogen and oxygen atoms in total. The van der Waals surface area contributed by atoms with E-state index in [0.29, 0.717) is 15.7 Å². The molecule has 0 saturated heterocycles. The third kappa shape index (κ3) is 5.27. The number of anilines is 1. The highest BCUT2D eigenvalue weighted by atomic mass is 79.9. The Morgan fingerprint density at radius 2 is 2.11 bits per heavy atom. The van der Waals surface area contributed by atoms with E-state index < -0.39 is 0 Å². The summed E-state index contributed by atoms with van der Waals surface area (Å²) < 4.78 is 3.02. The van der Waals surface area contributed by atoms with Crippen LogP contribution in [0.15, 0.2) is 52.6 Å². The van der Waals surface area contributed by atoms with E-state index in [0.717, 1.165) is 15.7 Å². The number of aromatic nitrogens is 2. The van der Waals surface area contributed by atoms with E-state index in [1.165, 1.54) is 11.3 Å². The number of carbonyl (C=O) groups excluding carboxylic acids is 1. The molecule has 0 unspecified atom stereocenters. The standard InChI is InChI=1S/C20H21BrN4OS2/c1-20(2,3)25-8-7-14(11-25)18(26)22-10-17(27)24-19-23-16(12-28-19)13-5-4-6-15(21)9-13/h4-9,11-12H,10H2,1-3H3,(H,22,26)(H,23,24,27). The van der Waals surface area contributed by atoms with Crippen molar-refractivity contribution in [2.75, 3.05) is 11.9 Å². The van der Waals surface area contributed by atoms with Crippen molar-refractivity contribution < 1.29 is 4.79 Å². The lowest BCUT2D eigenvalue weighted by Gasteiger charge is -2.20. The fourth-order valence-corrected chi connectivity index (χ4v) is 3.86. The highest BCUT2D eigenvalue weighted by molar-refractivity contribution is 9.10. The molecule has 146 valence electrons. The molecule has 28 heavy (non-hydrogen) atoms. The molecule has 0 aliphatic rings. The zero-order valence-electron chi connectivity index (χ0n) is 15.8. The van der Waals surface area contributed by atoms with Gasteiger partial charge in [-0.25, -0.2) is 4.98 Å². The lowest BCUT2D eigenvalue weighted by Crippen LogP contribution is -2.31. The maximum atomic E-state index is 12.3. The molecular formula is C20H21BrN4OS2. The minimum Gasteiger partial charge on any atom is -0.348 e. The van der Waals surface area contributed by atoms with Gasteiger partial charge >= 0.3 is 0 Å². The van der Waals surface area contributed by atoms with Crippen LogP contribution in [0.25, 0.3) is 11.3 Å². The number of thiocarbonyl (C=S) groups is 1. The maximum Gasteiger partial charge on any atom is 0.253 e. The Balaban J connectivity index is 1.55. The van der Waals surface area contributed by atoms with Crippen molar-refractivity contribution in [2.24, 2.45) is 0 Å². The third-order valence-electron chi connectivity index (χ3n) is 4.01. The summed E-state index contributed by atoms with van der Waals surface area (Å²) in [7, 11) is 0. The van der Waals surface area contributed by atoms with Crippen LogP contribution in [0.2, 0.25) is 0 Å². The summed E-state index contributed by atoms with van der Waals surface area (Å²) in [6.45, 7) is 6.51. The van der Waals surface area contributed by atoms with Crippen LogP contribution in [0.4, 0.5) is 5.13 Å². The normalized spacial score (nSPS) is 11.3. The number of hydrogen-bond acceptors (Lipinski definition) is 4. The second-order valence-electron chi connectivity index (χ2n) is 7.26. The number of hydrogen-bond donors (Lipinski definition) is 2. The maximum absolute atomic E-state index is 12.3. The smallest absolute Gasteiger partial charge is 0.253 e. The molecule has 0 saturated carbocycles. The van der Waals surface area contributed by atoms with E-state index >= 15 is 0 Å². The highest BCUT2D eigenvalue weighted by Gasteiger charge is 2.15. The Labute approximate surface area is 182 Å². The van der Waals surface area contributed by atoms with E-state index in [4.69, 9.17) is 12.2 Å². The molecule has 1 aromatic carbocycles. The van der Waals surface area contributed by atoms with Crippen molar-refractivity contribution in [2.45, 2.75) is 26.3 Å². The average Bonchev–Trinajstić information content (AvgIpc) is 3.29. The molecule has 0 radical (unpaired) electrons. The zero-order chi connectivity index (χ0) is 20.3. The van der Waals surface area contributed by atoms with Gasteiger partial charge in [0.15, 0.2) is 5.13 Å². The number of rotatable bonds is 5. The van der Waals surface area contributed by atoms with Gasteiger partial charge in [0.25, 0.3) is 5.91 Å². The van der Waals surface area contributed by atoms with Crippen LogP contribution in [0, 0.1) is 0 Å². The molecule has 2 heterocycles. The highest BCUT2D eigenvalue weighted by Crippen LogP contribution is 2.26. The number of nitrogens with one attached hydrogen (secondary N) is 2. The Morgan fingerprint density at radius 1 is 1.32 bits per heavy atom. The van der Waals surface area contributed by atoms with E-state index in [-0.39, 0.29) is 18.0 Å². The second kappa shape index (κ2) is 8.55. The Morgan fingerprint density at radius 3 is 2.79 bits per heavy atom. The Bertz CT molecular complexity index is 1000. The SMILES string of the molecule is CC(C)(C)n1ccc(C(=O)NCC(=S)Nc2nc(-c3cccc(Br)c3)cs2)c1. The third-order valence-corrected chi connectivity index (χ3v) is 5.51. The molecule has 8 heteroatoms. The first-order valence-electron chi connectivity index (χ1n) is 8.70. The van der Waals surface area contributed by atoms with Crippen LogP contribution >= 0.6 is 39.5 Å². The van der Waals surface area contributed by atoms with Gasteiger partial charge in [-0.3, -0.25) is 4.79 Å². The zero-order valence-corrected chi connectivity index (χ0v) is 19.0. The summed E-state index contributed by atoms with van der Waals surface area (Å²) >= 11 is 10.3. The average molecular weight is 477 g/mol. The van der Waals surface area contributed by atoms with Gasteiger partial charge in [0, 0.05) is 33.3 Å². The fourth-order valence-electron chi connectivity index (χ4n) is 2.49. The monoisotopic (exact) mass is 476 g/mol. The van der Waals surface area contributed by atoms with Crippen molar-refractivity contribution in [1.82, 2.24) is 14.9 Å². The van der Waals surface area contributed by atoms with Crippen molar-refractivity contribution in [1.29, 1.82) is 0 Å². The first kappa shape index (κ1) is 20.7. The van der Waals surface area contributed by atoms with Gasteiger partial charge in [-0.2, -0.15) is 0 Å². The Hall–Kier alpha value is -2.03. The van der Waals surface area contributed by atoms with Gasteiger partial charge in [0.2, 0.25) is 0 Å². The van der Waals surface area contributed by atoms with Gasteiger partial charge in [-0.05, 0) is 39.0 Å². The van der Waals surface area contributed by atoms with E-state index in [2.05, 4.69) is 52.3 Å². The lowest BCUT2D eigenvalue weighted by atomic mass is 10.1. The fraction of sp³-hybridized carbons (Fsp3) is 0.250. The summed E-state index contributed by atoms with van der Waals surface area (Å²) in [6.07, 6.45) is 3.75. The van der Waals surface area contributed by atoms with Gasteiger partial charge < -0.3 is 15.2 Å². The van der Waals surface area contributed by atoms with Gasteiger partial charge in [0.05, 0.1) is 17.8 Å². The van der Waals surface area contributed by atoms with Crippen LogP contribution in [-0.2, 0) is 5.54 Å². The predicted molar refractivity (Wildman–Crippen MR) is 123 cm³/mol. The minimum atomic E-state index is -0.152. The summed E-state index contributed by atoms with van der Waals surface area (Å²) in [6, 6.07) is 9.77. The van der Waals surface area contributed by atoms with Crippen molar-refractivity contribution in [3.63, 3.8) is 0 Å². The van der Waals surface area contributed by atoms with E-state index in [1.807, 2.05) is 52.7 Å². The summed E-state index contributed by atoms with van der Waals surface area (Å²) in [4.78, 5) is 17.4. The van der Waals surface area contributed by atoms with Crippen molar-refractivity contribution in [3.8, 4) is 11.3 Å². The van der Waals surface area contributed by atoms with Gasteiger partial charge in [0.1, 0.15) is 4.99 Å². The number of amides is 1. The number of benzene rings is 1. The van der Waals surface area contributed by atoms with E-state index in [9.17, 15) is 4.79 Å². The molecular weight excluding hydrogens is 456 g/mol. The van der Waals surface area contributed by atoms with Gasteiger partial charge in [-0.1, -0.05) is 40.3 Å². The van der Waals surface area contributed by atoms with E-state index in [1.54, 1.807) is 0 Å². The predicted octanol–water partition coefficient (Wildman–Crippen LogP) is 5.30. The summed E-state index contributed by atoms with van der Waals surface area (Å²) in [5.74, 6) is -0.152. The molecule has 0 spiro atoms. The second-order valence-corrected chi connectivity index (χ2v) is 9.52. The molecule has 2 aromatic heterocycles. The number of carbonyl (C=O) groups is 1. The van der Waals surface area contributed by atoms with Crippen LogP contribution in [0.1, 0.15) is 31.1 Å². The molecule has 0 atom stereocenters. The number of halogens is 1. The largest absolute Gasteiger partial charge is 0.348 e. The first-order chi connectivity index (χ1) is 13.2. The van der Waals surface area contributed by atoms with Crippen LogP contribution < -0.4 is 10.6 Å². The molecule has 0 aliphatic carbocycles. The van der Waals surface area contributed by atoms with Crippen molar-refractivity contribution in [3.05, 3.63) is 58.1 Å². The van der Waals surface area contributed by atoms with Crippen LogP contribution in [0.5, 0.6) is 0 Å². The minimum absolute atomic E-state index is 0.0632. The molecule has 1 amide bonds. The number of nitrogens with zero attached hydrogens (tertiary/aromatic N) is 2. The number of thiazole rings is 1. The topological polar surface area (TPSA) is 59.0 Å².